The van der Waals surface area contributed by atoms with Gasteiger partial charge in [0.15, 0.2) is 0 Å². The van der Waals surface area contributed by atoms with E-state index in [1.165, 1.54) is 17.7 Å². The van der Waals surface area contributed by atoms with E-state index >= 15 is 0 Å². The lowest BCUT2D eigenvalue weighted by atomic mass is 9.86. The first-order chi connectivity index (χ1) is 8.73. The third-order valence-electron chi connectivity index (χ3n) is 4.40. The highest BCUT2D eigenvalue weighted by atomic mass is 15.3. The topological polar surface area (TPSA) is 47.1 Å². The van der Waals surface area contributed by atoms with Crippen molar-refractivity contribution in [3.05, 3.63) is 17.0 Å². The molecule has 19 heavy (non-hydrogen) atoms. The largest absolute Gasteiger partial charge is 0.326 e. The van der Waals surface area contributed by atoms with Crippen LogP contribution in [0.15, 0.2) is 0 Å². The summed E-state index contributed by atoms with van der Waals surface area (Å²) in [6.45, 7) is 12.2. The van der Waals surface area contributed by atoms with Gasteiger partial charge >= 0.3 is 0 Å². The van der Waals surface area contributed by atoms with Gasteiger partial charge in [0.2, 0.25) is 0 Å². The van der Waals surface area contributed by atoms with Crippen molar-refractivity contribution in [2.45, 2.75) is 65.1 Å². The van der Waals surface area contributed by atoms with E-state index in [4.69, 9.17) is 5.73 Å². The normalized spacial score (nSPS) is 25.8. The van der Waals surface area contributed by atoms with Crippen LogP contribution in [0.2, 0.25) is 0 Å². The van der Waals surface area contributed by atoms with Crippen molar-refractivity contribution < 1.29 is 0 Å². The number of aryl methyl sites for hydroxylation is 2. The van der Waals surface area contributed by atoms with Gasteiger partial charge in [0.1, 0.15) is 0 Å². The number of rotatable bonds is 1. The van der Waals surface area contributed by atoms with Gasteiger partial charge in [-0.15, -0.1) is 0 Å². The molecule has 1 saturated heterocycles. The first-order valence-electron chi connectivity index (χ1n) is 7.26. The number of hydrogen-bond acceptors (Lipinski definition) is 3. The van der Waals surface area contributed by atoms with Crippen LogP contribution in [-0.2, 0) is 7.05 Å². The van der Waals surface area contributed by atoms with E-state index in [-0.39, 0.29) is 11.6 Å². The van der Waals surface area contributed by atoms with Gasteiger partial charge in [0.05, 0.1) is 11.7 Å². The Labute approximate surface area is 117 Å². The van der Waals surface area contributed by atoms with Crippen LogP contribution in [-0.4, -0.2) is 32.8 Å². The summed E-state index contributed by atoms with van der Waals surface area (Å²) in [5.74, 6) is 0. The second-order valence-electron chi connectivity index (χ2n) is 6.82. The Morgan fingerprint density at radius 1 is 1.26 bits per heavy atom. The number of nitrogens with two attached hydrogens (primary N) is 1. The second kappa shape index (κ2) is 4.91. The van der Waals surface area contributed by atoms with Crippen LogP contribution in [0.1, 0.15) is 56.6 Å². The van der Waals surface area contributed by atoms with Crippen LogP contribution < -0.4 is 5.73 Å². The van der Waals surface area contributed by atoms with Crippen molar-refractivity contribution in [3.8, 4) is 0 Å². The summed E-state index contributed by atoms with van der Waals surface area (Å²) in [5.41, 5.74) is 10.3. The van der Waals surface area contributed by atoms with E-state index in [1.54, 1.807) is 0 Å². The van der Waals surface area contributed by atoms with E-state index in [9.17, 15) is 0 Å². The van der Waals surface area contributed by atoms with Crippen molar-refractivity contribution in [1.82, 2.24) is 14.7 Å². The second-order valence-corrected chi connectivity index (χ2v) is 6.82. The fourth-order valence-electron chi connectivity index (χ4n) is 3.37. The molecule has 1 aliphatic rings. The Bertz CT molecular complexity index is 455. The molecule has 0 aliphatic carbocycles. The lowest BCUT2D eigenvalue weighted by Crippen LogP contribution is -2.53. The zero-order valence-electron chi connectivity index (χ0n) is 13.2. The molecule has 1 aliphatic heterocycles. The van der Waals surface area contributed by atoms with E-state index in [2.05, 4.69) is 44.6 Å². The Balaban J connectivity index is 2.48. The number of piperidine rings is 1. The van der Waals surface area contributed by atoms with Gasteiger partial charge in [-0.05, 0) is 54.0 Å². The predicted molar refractivity (Wildman–Crippen MR) is 79.1 cm³/mol. The molecule has 0 spiro atoms. The van der Waals surface area contributed by atoms with Gasteiger partial charge < -0.3 is 5.73 Å². The van der Waals surface area contributed by atoms with Crippen molar-refractivity contribution in [1.29, 1.82) is 0 Å². The highest BCUT2D eigenvalue weighted by Crippen LogP contribution is 2.37. The third kappa shape index (κ3) is 2.56. The maximum Gasteiger partial charge on any atom is 0.0644 e. The number of aromatic nitrogens is 2. The summed E-state index contributed by atoms with van der Waals surface area (Å²) >= 11 is 0. The van der Waals surface area contributed by atoms with Crippen molar-refractivity contribution in [2.75, 3.05) is 6.54 Å². The molecule has 2 unspecified atom stereocenters. The molecule has 2 atom stereocenters. The molecule has 4 nitrogen and oxygen atoms in total. The molecule has 1 aromatic heterocycles. The standard InChI is InChI=1S/C15H28N4/c1-10-13(11(2)18(6)17-10)14-12(16)8-7-9-19(14)15(3,4)5/h12,14H,7-9,16H2,1-6H3. The molecule has 1 fully saturated rings. The summed E-state index contributed by atoms with van der Waals surface area (Å²) in [6, 6.07) is 0.497. The minimum atomic E-state index is 0.136. The molecular weight excluding hydrogens is 236 g/mol. The van der Waals surface area contributed by atoms with Gasteiger partial charge in [-0.2, -0.15) is 5.10 Å². The van der Waals surface area contributed by atoms with Gasteiger partial charge in [-0.3, -0.25) is 9.58 Å². The number of likely N-dealkylation sites (tertiary alicyclic amines) is 1. The van der Waals surface area contributed by atoms with Crippen LogP contribution >= 0.6 is 0 Å². The van der Waals surface area contributed by atoms with Gasteiger partial charge in [0.25, 0.3) is 0 Å². The molecule has 2 rings (SSSR count). The lowest BCUT2D eigenvalue weighted by molar-refractivity contribution is 0.0378. The zero-order chi connectivity index (χ0) is 14.4. The molecular formula is C15H28N4. The summed E-state index contributed by atoms with van der Waals surface area (Å²) in [6.07, 6.45) is 2.29. The van der Waals surface area contributed by atoms with Crippen LogP contribution in [0, 0.1) is 13.8 Å². The molecule has 2 N–H and O–H groups in total. The van der Waals surface area contributed by atoms with Gasteiger partial charge in [0, 0.05) is 29.9 Å². The Morgan fingerprint density at radius 2 is 1.89 bits per heavy atom. The van der Waals surface area contributed by atoms with Gasteiger partial charge in [-0.1, -0.05) is 0 Å². The highest BCUT2D eigenvalue weighted by molar-refractivity contribution is 5.30. The number of nitrogens with zero attached hydrogens (tertiary/aromatic N) is 3. The van der Waals surface area contributed by atoms with E-state index in [0.29, 0.717) is 6.04 Å². The SMILES string of the molecule is Cc1nn(C)c(C)c1C1C(N)CCCN1C(C)(C)C. The molecule has 108 valence electrons. The van der Waals surface area contributed by atoms with E-state index in [0.717, 1.165) is 18.7 Å². The molecule has 4 heteroatoms. The average molecular weight is 264 g/mol. The first-order valence-corrected chi connectivity index (χ1v) is 7.26. The minimum absolute atomic E-state index is 0.136. The predicted octanol–water partition coefficient (Wildman–Crippen LogP) is 2.30. The maximum absolute atomic E-state index is 6.47. The lowest BCUT2D eigenvalue weighted by Gasteiger charge is -2.47. The van der Waals surface area contributed by atoms with Crippen LogP contribution in [0.3, 0.4) is 0 Å². The fraction of sp³-hybridized carbons (Fsp3) is 0.800. The molecule has 0 radical (unpaired) electrons. The van der Waals surface area contributed by atoms with E-state index < -0.39 is 0 Å². The molecule has 0 aromatic carbocycles. The first kappa shape index (κ1) is 14.5. The minimum Gasteiger partial charge on any atom is -0.326 e. The molecule has 0 bridgehead atoms. The third-order valence-corrected chi connectivity index (χ3v) is 4.40. The van der Waals surface area contributed by atoms with Crippen LogP contribution in [0.25, 0.3) is 0 Å². The quantitative estimate of drug-likeness (QED) is 0.846. The maximum atomic E-state index is 6.47. The van der Waals surface area contributed by atoms with Gasteiger partial charge in [-0.25, -0.2) is 0 Å². The fourth-order valence-corrected chi connectivity index (χ4v) is 3.37. The summed E-state index contributed by atoms with van der Waals surface area (Å²) in [4.78, 5) is 2.55. The summed E-state index contributed by atoms with van der Waals surface area (Å²) in [7, 11) is 2.02. The smallest absolute Gasteiger partial charge is 0.0644 e. The van der Waals surface area contributed by atoms with Crippen molar-refractivity contribution >= 4 is 0 Å². The summed E-state index contributed by atoms with van der Waals surface area (Å²) < 4.78 is 1.98. The number of hydrogen-bond donors (Lipinski definition) is 1. The molecule has 1 aromatic rings. The Hall–Kier alpha value is -0.870. The van der Waals surface area contributed by atoms with Crippen molar-refractivity contribution in [2.24, 2.45) is 12.8 Å². The Morgan fingerprint density at radius 3 is 2.37 bits per heavy atom. The zero-order valence-corrected chi connectivity index (χ0v) is 13.2. The van der Waals surface area contributed by atoms with Crippen LogP contribution in [0.4, 0.5) is 0 Å². The van der Waals surface area contributed by atoms with Crippen molar-refractivity contribution in [3.63, 3.8) is 0 Å². The summed E-state index contributed by atoms with van der Waals surface area (Å²) in [5, 5.41) is 4.57. The van der Waals surface area contributed by atoms with Crippen LogP contribution in [0.5, 0.6) is 0 Å². The monoisotopic (exact) mass is 264 g/mol. The molecule has 0 amide bonds. The average Bonchev–Trinajstić information content (AvgIpc) is 2.52. The highest BCUT2D eigenvalue weighted by Gasteiger charge is 2.38. The molecule has 2 heterocycles. The van der Waals surface area contributed by atoms with E-state index in [1.807, 2.05) is 11.7 Å². The molecule has 0 saturated carbocycles. The Kier molecular flexibility index (Phi) is 3.76.